The van der Waals surface area contributed by atoms with Crippen molar-refractivity contribution in [1.29, 1.82) is 0 Å². The Balaban J connectivity index is 2.42. The molecule has 0 aromatic carbocycles. The molecule has 5 heteroatoms. The molecule has 2 heterocycles. The van der Waals surface area contributed by atoms with Crippen LogP contribution in [-0.2, 0) is 0 Å². The number of H-pyrrole nitrogens is 1. The van der Waals surface area contributed by atoms with E-state index in [-0.39, 0.29) is 11.6 Å². The van der Waals surface area contributed by atoms with Gasteiger partial charge in [0.05, 0.1) is 6.04 Å². The molecule has 0 aliphatic rings. The SMILES string of the molecule is CC(c1ccn[nH]c1=O)n1cccn1. The summed E-state index contributed by atoms with van der Waals surface area (Å²) in [6.07, 6.45) is 5.08. The van der Waals surface area contributed by atoms with Crippen molar-refractivity contribution in [2.24, 2.45) is 0 Å². The normalized spacial score (nSPS) is 12.6. The Morgan fingerprint density at radius 2 is 2.36 bits per heavy atom. The largest absolute Gasteiger partial charge is 0.269 e. The summed E-state index contributed by atoms with van der Waals surface area (Å²) in [7, 11) is 0. The zero-order valence-corrected chi connectivity index (χ0v) is 7.71. The van der Waals surface area contributed by atoms with E-state index in [0.29, 0.717) is 5.56 Å². The fourth-order valence-corrected chi connectivity index (χ4v) is 1.33. The van der Waals surface area contributed by atoms with Gasteiger partial charge in [0.1, 0.15) is 0 Å². The third-order valence-corrected chi connectivity index (χ3v) is 2.13. The molecule has 0 radical (unpaired) electrons. The standard InChI is InChI=1S/C9H10N4O/c1-7(13-6-2-4-11-13)8-3-5-10-12-9(8)14/h2-7H,1H3,(H,12,14). The molecule has 0 spiro atoms. The summed E-state index contributed by atoms with van der Waals surface area (Å²) in [5.41, 5.74) is 0.485. The minimum absolute atomic E-state index is 0.0725. The van der Waals surface area contributed by atoms with Crippen LogP contribution in [-0.4, -0.2) is 20.0 Å². The fraction of sp³-hybridized carbons (Fsp3) is 0.222. The van der Waals surface area contributed by atoms with Crippen molar-refractivity contribution in [3.8, 4) is 0 Å². The van der Waals surface area contributed by atoms with Gasteiger partial charge in [-0.3, -0.25) is 9.48 Å². The van der Waals surface area contributed by atoms with Crippen LogP contribution in [0.2, 0.25) is 0 Å². The average Bonchev–Trinajstić information content (AvgIpc) is 2.70. The Morgan fingerprint density at radius 1 is 1.50 bits per heavy atom. The van der Waals surface area contributed by atoms with Crippen LogP contribution < -0.4 is 5.56 Å². The molecule has 14 heavy (non-hydrogen) atoms. The van der Waals surface area contributed by atoms with E-state index in [1.165, 1.54) is 0 Å². The van der Waals surface area contributed by atoms with Crippen LogP contribution >= 0.6 is 0 Å². The predicted molar refractivity (Wildman–Crippen MR) is 50.9 cm³/mol. The van der Waals surface area contributed by atoms with Crippen LogP contribution in [0.1, 0.15) is 18.5 Å². The third kappa shape index (κ3) is 1.44. The number of nitrogens with one attached hydrogen (secondary N) is 1. The molecule has 0 bridgehead atoms. The van der Waals surface area contributed by atoms with E-state index in [0.717, 1.165) is 0 Å². The molecule has 0 aliphatic heterocycles. The average molecular weight is 190 g/mol. The van der Waals surface area contributed by atoms with Crippen LogP contribution in [0, 0.1) is 0 Å². The Bertz CT molecular complexity index is 460. The van der Waals surface area contributed by atoms with Gasteiger partial charge in [-0.15, -0.1) is 0 Å². The van der Waals surface area contributed by atoms with Crippen LogP contribution in [0.15, 0.2) is 35.5 Å². The maximum absolute atomic E-state index is 11.4. The van der Waals surface area contributed by atoms with Crippen molar-refractivity contribution in [3.63, 3.8) is 0 Å². The van der Waals surface area contributed by atoms with Crippen LogP contribution in [0.4, 0.5) is 0 Å². The number of nitrogens with zero attached hydrogens (tertiary/aromatic N) is 3. The molecule has 1 unspecified atom stereocenters. The van der Waals surface area contributed by atoms with E-state index < -0.39 is 0 Å². The quantitative estimate of drug-likeness (QED) is 0.753. The van der Waals surface area contributed by atoms with Crippen molar-refractivity contribution in [2.75, 3.05) is 0 Å². The highest BCUT2D eigenvalue weighted by atomic mass is 16.1. The number of aromatic amines is 1. The zero-order chi connectivity index (χ0) is 9.97. The third-order valence-electron chi connectivity index (χ3n) is 2.13. The second kappa shape index (κ2) is 3.45. The Labute approximate surface area is 80.4 Å². The number of hydrogen-bond donors (Lipinski definition) is 1. The topological polar surface area (TPSA) is 63.6 Å². The highest BCUT2D eigenvalue weighted by molar-refractivity contribution is 5.11. The summed E-state index contributed by atoms with van der Waals surface area (Å²) in [6.45, 7) is 1.91. The number of rotatable bonds is 2. The molecule has 1 N–H and O–H groups in total. The molecule has 72 valence electrons. The van der Waals surface area contributed by atoms with E-state index >= 15 is 0 Å². The van der Waals surface area contributed by atoms with E-state index in [1.54, 1.807) is 23.1 Å². The van der Waals surface area contributed by atoms with Crippen LogP contribution in [0.5, 0.6) is 0 Å². The predicted octanol–water partition coefficient (Wildman–Crippen LogP) is 0.576. The van der Waals surface area contributed by atoms with E-state index in [9.17, 15) is 4.79 Å². The van der Waals surface area contributed by atoms with E-state index in [1.807, 2.05) is 19.2 Å². The second-order valence-electron chi connectivity index (χ2n) is 3.00. The smallest absolute Gasteiger partial charge is 0.268 e. The summed E-state index contributed by atoms with van der Waals surface area (Å²) in [6, 6.07) is 3.45. The summed E-state index contributed by atoms with van der Waals surface area (Å²) in [5.74, 6) is 0. The Kier molecular flexibility index (Phi) is 2.14. The fourth-order valence-electron chi connectivity index (χ4n) is 1.33. The summed E-state index contributed by atoms with van der Waals surface area (Å²) >= 11 is 0. The van der Waals surface area contributed by atoms with Gasteiger partial charge in [0.2, 0.25) is 0 Å². The van der Waals surface area contributed by atoms with Crippen molar-refractivity contribution in [3.05, 3.63) is 46.6 Å². The minimum Gasteiger partial charge on any atom is -0.268 e. The molecular formula is C9H10N4O. The number of hydrogen-bond acceptors (Lipinski definition) is 3. The monoisotopic (exact) mass is 190 g/mol. The van der Waals surface area contributed by atoms with Gasteiger partial charge < -0.3 is 0 Å². The minimum atomic E-state index is -0.171. The van der Waals surface area contributed by atoms with Gasteiger partial charge in [0, 0.05) is 24.2 Å². The molecule has 2 rings (SSSR count). The molecule has 2 aromatic rings. The molecule has 0 saturated carbocycles. The first kappa shape index (κ1) is 8.68. The van der Waals surface area contributed by atoms with Crippen molar-refractivity contribution >= 4 is 0 Å². The van der Waals surface area contributed by atoms with Crippen molar-refractivity contribution < 1.29 is 0 Å². The highest BCUT2D eigenvalue weighted by Crippen LogP contribution is 2.10. The second-order valence-corrected chi connectivity index (χ2v) is 3.00. The van der Waals surface area contributed by atoms with Gasteiger partial charge in [0.25, 0.3) is 5.56 Å². The van der Waals surface area contributed by atoms with Crippen molar-refractivity contribution in [2.45, 2.75) is 13.0 Å². The lowest BCUT2D eigenvalue weighted by Crippen LogP contribution is -2.19. The van der Waals surface area contributed by atoms with E-state index in [4.69, 9.17) is 0 Å². The van der Waals surface area contributed by atoms with Gasteiger partial charge in [-0.25, -0.2) is 5.10 Å². The Morgan fingerprint density at radius 3 is 3.00 bits per heavy atom. The highest BCUT2D eigenvalue weighted by Gasteiger charge is 2.10. The zero-order valence-electron chi connectivity index (χ0n) is 7.71. The first-order valence-corrected chi connectivity index (χ1v) is 4.32. The molecule has 0 aliphatic carbocycles. The molecule has 5 nitrogen and oxygen atoms in total. The van der Waals surface area contributed by atoms with Crippen LogP contribution in [0.3, 0.4) is 0 Å². The maximum atomic E-state index is 11.4. The summed E-state index contributed by atoms with van der Waals surface area (Å²) < 4.78 is 1.73. The summed E-state index contributed by atoms with van der Waals surface area (Å²) in [5, 5.41) is 10.1. The molecular weight excluding hydrogens is 180 g/mol. The van der Waals surface area contributed by atoms with Gasteiger partial charge in [-0.05, 0) is 19.1 Å². The molecule has 0 fully saturated rings. The molecule has 0 saturated heterocycles. The molecule has 1 atom stereocenters. The van der Waals surface area contributed by atoms with Gasteiger partial charge in [0.15, 0.2) is 0 Å². The van der Waals surface area contributed by atoms with Gasteiger partial charge >= 0.3 is 0 Å². The van der Waals surface area contributed by atoms with E-state index in [2.05, 4.69) is 15.3 Å². The lowest BCUT2D eigenvalue weighted by atomic mass is 10.1. The first-order chi connectivity index (χ1) is 6.79. The maximum Gasteiger partial charge on any atom is 0.269 e. The lowest BCUT2D eigenvalue weighted by molar-refractivity contribution is 0.557. The Hall–Kier alpha value is -1.91. The van der Waals surface area contributed by atoms with Gasteiger partial charge in [-0.2, -0.15) is 10.2 Å². The summed E-state index contributed by atoms with van der Waals surface area (Å²) in [4.78, 5) is 11.4. The molecule has 2 aromatic heterocycles. The lowest BCUT2D eigenvalue weighted by Gasteiger charge is -2.10. The van der Waals surface area contributed by atoms with Crippen molar-refractivity contribution in [1.82, 2.24) is 20.0 Å². The van der Waals surface area contributed by atoms with Crippen LogP contribution in [0.25, 0.3) is 0 Å². The molecule has 0 amide bonds. The first-order valence-electron chi connectivity index (χ1n) is 4.32. The number of aromatic nitrogens is 4. The van der Waals surface area contributed by atoms with Gasteiger partial charge in [-0.1, -0.05) is 0 Å².